The van der Waals surface area contributed by atoms with Crippen molar-refractivity contribution in [2.24, 2.45) is 5.16 Å². The molecule has 0 spiro atoms. The monoisotopic (exact) mass is 229 g/mol. The van der Waals surface area contributed by atoms with Crippen LogP contribution in [0.2, 0.25) is 0 Å². The van der Waals surface area contributed by atoms with Gasteiger partial charge in [-0.3, -0.25) is 0 Å². The summed E-state index contributed by atoms with van der Waals surface area (Å²) in [4.78, 5) is 14.9. The predicted molar refractivity (Wildman–Crippen MR) is 43.1 cm³/mol. The summed E-state index contributed by atoms with van der Waals surface area (Å²) >= 11 is 0. The minimum Gasteiger partial charge on any atom is -0.461 e. The van der Waals surface area contributed by atoms with Crippen LogP contribution in [0.3, 0.4) is 0 Å². The molecule has 1 unspecified atom stereocenters. The van der Waals surface area contributed by atoms with E-state index in [0.717, 1.165) is 7.11 Å². The summed E-state index contributed by atoms with van der Waals surface area (Å²) in [5, 5.41) is 11.5. The van der Waals surface area contributed by atoms with E-state index >= 15 is 0 Å². The van der Waals surface area contributed by atoms with Crippen LogP contribution in [0.5, 0.6) is 0 Å². The lowest BCUT2D eigenvalue weighted by atomic mass is 10.2. The largest absolute Gasteiger partial charge is 0.461 e. The maximum Gasteiger partial charge on any atom is 0.420 e. The summed E-state index contributed by atoms with van der Waals surface area (Å²) in [5.41, 5.74) is -1.23. The maximum atomic E-state index is 12.0. The standard InChI is InChI=1S/C7H10F3NO4/c1-3-15-6(13)4(11-14-2)5(12)7(8,9)10/h5,12H,3H2,1-2H3/b11-4+. The molecule has 5 nitrogen and oxygen atoms in total. The summed E-state index contributed by atoms with van der Waals surface area (Å²) in [6.45, 7) is 1.27. The number of hydrogen-bond donors (Lipinski definition) is 1. The van der Waals surface area contributed by atoms with Gasteiger partial charge in [0.15, 0.2) is 0 Å². The first-order valence-electron chi connectivity index (χ1n) is 3.87. The normalized spacial score (nSPS) is 14.7. The summed E-state index contributed by atoms with van der Waals surface area (Å²) in [5.74, 6) is -1.37. The molecule has 1 N–H and O–H groups in total. The molecule has 0 bridgehead atoms. The summed E-state index contributed by atoms with van der Waals surface area (Å²) in [6, 6.07) is 0. The second kappa shape index (κ2) is 5.54. The molecular formula is C7H10F3NO4. The Kier molecular flexibility index (Phi) is 5.06. The molecule has 0 aromatic heterocycles. The van der Waals surface area contributed by atoms with Crippen LogP contribution in [-0.4, -0.2) is 42.8 Å². The third-order valence-corrected chi connectivity index (χ3v) is 1.24. The van der Waals surface area contributed by atoms with Gasteiger partial charge in [-0.05, 0) is 6.92 Å². The third-order valence-electron chi connectivity index (χ3n) is 1.24. The number of esters is 1. The number of halogens is 3. The maximum absolute atomic E-state index is 12.0. The second-order valence-electron chi connectivity index (χ2n) is 2.32. The van der Waals surface area contributed by atoms with E-state index in [1.807, 2.05) is 0 Å². The Morgan fingerprint density at radius 1 is 1.53 bits per heavy atom. The van der Waals surface area contributed by atoms with Crippen molar-refractivity contribution >= 4 is 11.7 Å². The zero-order valence-corrected chi connectivity index (χ0v) is 8.04. The zero-order valence-electron chi connectivity index (χ0n) is 8.04. The molecule has 0 fully saturated rings. The first kappa shape index (κ1) is 13.7. The molecule has 88 valence electrons. The number of rotatable bonds is 4. The van der Waals surface area contributed by atoms with Crippen LogP contribution < -0.4 is 0 Å². The van der Waals surface area contributed by atoms with E-state index in [2.05, 4.69) is 14.7 Å². The van der Waals surface area contributed by atoms with Crippen LogP contribution in [0.4, 0.5) is 13.2 Å². The molecule has 0 aromatic rings. The predicted octanol–water partition coefficient (Wildman–Crippen LogP) is 0.475. The van der Waals surface area contributed by atoms with E-state index in [9.17, 15) is 18.0 Å². The highest BCUT2D eigenvalue weighted by atomic mass is 19.4. The van der Waals surface area contributed by atoms with Crippen molar-refractivity contribution in [1.82, 2.24) is 0 Å². The van der Waals surface area contributed by atoms with Crippen LogP contribution in [0.15, 0.2) is 5.16 Å². The highest BCUT2D eigenvalue weighted by Crippen LogP contribution is 2.21. The number of carbonyl (C=O) groups is 1. The lowest BCUT2D eigenvalue weighted by Crippen LogP contribution is -2.41. The van der Waals surface area contributed by atoms with Crippen LogP contribution in [0.1, 0.15) is 6.92 Å². The van der Waals surface area contributed by atoms with E-state index < -0.39 is 24.0 Å². The SMILES string of the molecule is CCOC(=O)/C(=N/OC)C(O)C(F)(F)F. The molecule has 0 aromatic carbocycles. The van der Waals surface area contributed by atoms with Gasteiger partial charge in [-0.15, -0.1) is 0 Å². The van der Waals surface area contributed by atoms with Gasteiger partial charge in [0.05, 0.1) is 6.61 Å². The quantitative estimate of drug-likeness (QED) is 0.432. The lowest BCUT2D eigenvalue weighted by molar-refractivity contribution is -0.184. The third kappa shape index (κ3) is 4.15. The van der Waals surface area contributed by atoms with Gasteiger partial charge >= 0.3 is 12.1 Å². The average Bonchev–Trinajstić information content (AvgIpc) is 2.12. The molecular weight excluding hydrogens is 219 g/mol. The van der Waals surface area contributed by atoms with Gasteiger partial charge in [-0.2, -0.15) is 13.2 Å². The van der Waals surface area contributed by atoms with E-state index in [-0.39, 0.29) is 6.61 Å². The molecule has 8 heteroatoms. The Hall–Kier alpha value is -1.31. The fraction of sp³-hybridized carbons (Fsp3) is 0.714. The van der Waals surface area contributed by atoms with Crippen molar-refractivity contribution in [2.45, 2.75) is 19.2 Å². The number of hydrogen-bond acceptors (Lipinski definition) is 5. The average molecular weight is 229 g/mol. The molecule has 0 heterocycles. The topological polar surface area (TPSA) is 68.1 Å². The Morgan fingerprint density at radius 2 is 2.07 bits per heavy atom. The Labute approximate surface area is 83.5 Å². The van der Waals surface area contributed by atoms with Crippen molar-refractivity contribution in [3.63, 3.8) is 0 Å². The van der Waals surface area contributed by atoms with Crippen molar-refractivity contribution in [2.75, 3.05) is 13.7 Å². The van der Waals surface area contributed by atoms with Gasteiger partial charge in [0.1, 0.15) is 7.11 Å². The minimum absolute atomic E-state index is 0.133. The zero-order chi connectivity index (χ0) is 12.1. The summed E-state index contributed by atoms with van der Waals surface area (Å²) < 4.78 is 40.4. The van der Waals surface area contributed by atoms with Crippen LogP contribution >= 0.6 is 0 Å². The molecule has 0 aliphatic rings. The first-order valence-corrected chi connectivity index (χ1v) is 3.87. The Balaban J connectivity index is 4.83. The number of nitrogens with zero attached hydrogens (tertiary/aromatic N) is 1. The van der Waals surface area contributed by atoms with E-state index in [1.54, 1.807) is 0 Å². The Bertz CT molecular complexity index is 251. The van der Waals surface area contributed by atoms with Gasteiger partial charge in [0.2, 0.25) is 11.8 Å². The summed E-state index contributed by atoms with van der Waals surface area (Å²) in [6.07, 6.45) is -8.01. The minimum atomic E-state index is -5.00. The number of carbonyl (C=O) groups excluding carboxylic acids is 1. The van der Waals surface area contributed by atoms with Crippen LogP contribution in [-0.2, 0) is 14.4 Å². The van der Waals surface area contributed by atoms with Crippen molar-refractivity contribution in [1.29, 1.82) is 0 Å². The van der Waals surface area contributed by atoms with Crippen molar-refractivity contribution in [3.05, 3.63) is 0 Å². The number of ether oxygens (including phenoxy) is 1. The molecule has 0 aliphatic carbocycles. The van der Waals surface area contributed by atoms with Crippen LogP contribution in [0.25, 0.3) is 0 Å². The molecule has 15 heavy (non-hydrogen) atoms. The second-order valence-corrected chi connectivity index (χ2v) is 2.32. The summed E-state index contributed by atoms with van der Waals surface area (Å²) in [7, 11) is 0.947. The Morgan fingerprint density at radius 3 is 2.40 bits per heavy atom. The van der Waals surface area contributed by atoms with Gasteiger partial charge < -0.3 is 14.7 Å². The van der Waals surface area contributed by atoms with Crippen LogP contribution in [0, 0.1) is 0 Å². The molecule has 0 radical (unpaired) electrons. The van der Waals surface area contributed by atoms with Gasteiger partial charge in [0.25, 0.3) is 0 Å². The van der Waals surface area contributed by atoms with Gasteiger partial charge in [0, 0.05) is 0 Å². The van der Waals surface area contributed by atoms with E-state index in [4.69, 9.17) is 5.11 Å². The lowest BCUT2D eigenvalue weighted by Gasteiger charge is -2.14. The number of alkyl halides is 3. The van der Waals surface area contributed by atoms with Crippen molar-refractivity contribution < 1.29 is 32.6 Å². The van der Waals surface area contributed by atoms with E-state index in [1.165, 1.54) is 6.92 Å². The van der Waals surface area contributed by atoms with E-state index in [0.29, 0.717) is 0 Å². The van der Waals surface area contributed by atoms with Crippen molar-refractivity contribution in [3.8, 4) is 0 Å². The highest BCUT2D eigenvalue weighted by molar-refractivity contribution is 6.38. The molecule has 0 aliphatic heterocycles. The fourth-order valence-electron chi connectivity index (χ4n) is 0.657. The number of oxime groups is 1. The molecule has 0 amide bonds. The molecule has 0 rings (SSSR count). The molecule has 1 atom stereocenters. The number of aliphatic hydroxyl groups is 1. The molecule has 0 saturated heterocycles. The molecule has 0 saturated carbocycles. The smallest absolute Gasteiger partial charge is 0.420 e. The number of aliphatic hydroxyl groups excluding tert-OH is 1. The highest BCUT2D eigenvalue weighted by Gasteiger charge is 2.45. The van der Waals surface area contributed by atoms with Gasteiger partial charge in [-0.1, -0.05) is 5.16 Å². The fourth-order valence-corrected chi connectivity index (χ4v) is 0.657. The van der Waals surface area contributed by atoms with Gasteiger partial charge in [-0.25, -0.2) is 4.79 Å². The first-order chi connectivity index (χ1) is 6.84.